The number of amides is 1. The molecular formula is C18H19NO3S. The summed E-state index contributed by atoms with van der Waals surface area (Å²) in [6, 6.07) is 10.6. The maximum atomic E-state index is 12.0. The molecule has 1 saturated carbocycles. The lowest BCUT2D eigenvalue weighted by Crippen LogP contribution is -2.28. The van der Waals surface area contributed by atoms with Crippen LogP contribution >= 0.6 is 11.3 Å². The quantitative estimate of drug-likeness (QED) is 0.792. The highest BCUT2D eigenvalue weighted by Crippen LogP contribution is 2.32. The van der Waals surface area contributed by atoms with Crippen LogP contribution in [0.1, 0.15) is 24.1 Å². The van der Waals surface area contributed by atoms with Crippen molar-refractivity contribution < 1.29 is 14.3 Å². The Bertz CT molecular complexity index is 717. The zero-order valence-electron chi connectivity index (χ0n) is 12.9. The molecule has 5 heteroatoms. The Labute approximate surface area is 139 Å². The van der Waals surface area contributed by atoms with Gasteiger partial charge in [-0.25, -0.2) is 0 Å². The topological polar surface area (TPSA) is 46.6 Å². The molecule has 1 amide bonds. The summed E-state index contributed by atoms with van der Waals surface area (Å²) in [5.74, 6) is 0.182. The first-order valence-electron chi connectivity index (χ1n) is 8.11. The van der Waals surface area contributed by atoms with Crippen molar-refractivity contribution >= 4 is 33.3 Å². The van der Waals surface area contributed by atoms with E-state index < -0.39 is 0 Å². The maximum Gasteiger partial charge on any atom is 0.311 e. The molecule has 1 aliphatic carbocycles. The molecule has 2 aliphatic rings. The molecule has 2 aromatic rings. The summed E-state index contributed by atoms with van der Waals surface area (Å²) in [5, 5.41) is 1.17. The van der Waals surface area contributed by atoms with Crippen molar-refractivity contribution in [2.45, 2.75) is 31.7 Å². The van der Waals surface area contributed by atoms with E-state index in [1.807, 2.05) is 17.0 Å². The summed E-state index contributed by atoms with van der Waals surface area (Å²) in [7, 11) is 0. The summed E-state index contributed by atoms with van der Waals surface area (Å²) < 4.78 is 6.60. The van der Waals surface area contributed by atoms with Crippen LogP contribution in [0.2, 0.25) is 0 Å². The third kappa shape index (κ3) is 3.24. The van der Waals surface area contributed by atoms with E-state index in [0.29, 0.717) is 25.5 Å². The first-order valence-corrected chi connectivity index (χ1v) is 8.93. The van der Waals surface area contributed by atoms with Crippen molar-refractivity contribution in [3.63, 3.8) is 0 Å². The van der Waals surface area contributed by atoms with E-state index in [9.17, 15) is 9.59 Å². The molecular weight excluding hydrogens is 310 g/mol. The molecule has 1 aromatic heterocycles. The SMILES string of the molecule is O=C(Cc1cc2ccccc2s1)OC[C@H]1CC(=O)N(C2CC2)C1. The number of rotatable bonds is 5. The highest BCUT2D eigenvalue weighted by molar-refractivity contribution is 7.19. The zero-order valence-corrected chi connectivity index (χ0v) is 13.7. The van der Waals surface area contributed by atoms with Crippen LogP contribution in [0.5, 0.6) is 0 Å². The van der Waals surface area contributed by atoms with Gasteiger partial charge in [0.05, 0.1) is 13.0 Å². The molecule has 0 spiro atoms. The molecule has 0 radical (unpaired) electrons. The smallest absolute Gasteiger partial charge is 0.311 e. The molecule has 23 heavy (non-hydrogen) atoms. The van der Waals surface area contributed by atoms with E-state index in [4.69, 9.17) is 4.74 Å². The summed E-state index contributed by atoms with van der Waals surface area (Å²) in [5.41, 5.74) is 0. The van der Waals surface area contributed by atoms with E-state index in [1.54, 1.807) is 11.3 Å². The number of carbonyl (C=O) groups excluding carboxylic acids is 2. The number of esters is 1. The molecule has 2 heterocycles. The minimum atomic E-state index is -0.200. The second kappa shape index (κ2) is 5.96. The van der Waals surface area contributed by atoms with Crippen molar-refractivity contribution in [2.75, 3.05) is 13.2 Å². The molecule has 0 unspecified atom stereocenters. The van der Waals surface area contributed by atoms with Gasteiger partial charge in [0.15, 0.2) is 0 Å². The van der Waals surface area contributed by atoms with Crippen molar-refractivity contribution in [1.29, 1.82) is 0 Å². The highest BCUT2D eigenvalue weighted by atomic mass is 32.1. The van der Waals surface area contributed by atoms with Gasteiger partial charge in [-0.15, -0.1) is 11.3 Å². The Kier molecular flexibility index (Phi) is 3.81. The molecule has 1 aromatic carbocycles. The molecule has 0 bridgehead atoms. The van der Waals surface area contributed by atoms with E-state index in [-0.39, 0.29) is 17.8 Å². The van der Waals surface area contributed by atoms with Gasteiger partial charge in [0.25, 0.3) is 0 Å². The third-order valence-corrected chi connectivity index (χ3v) is 5.62. The minimum absolute atomic E-state index is 0.162. The lowest BCUT2D eigenvalue weighted by molar-refractivity contribution is -0.144. The number of nitrogens with zero attached hydrogens (tertiary/aromatic N) is 1. The number of carbonyl (C=O) groups is 2. The van der Waals surface area contributed by atoms with Crippen LogP contribution < -0.4 is 0 Å². The van der Waals surface area contributed by atoms with Crippen LogP contribution in [0.15, 0.2) is 30.3 Å². The Morgan fingerprint density at radius 1 is 1.30 bits per heavy atom. The molecule has 1 atom stereocenters. The average molecular weight is 329 g/mol. The summed E-state index contributed by atoms with van der Waals surface area (Å²) in [4.78, 5) is 26.9. The molecule has 4 nitrogen and oxygen atoms in total. The maximum absolute atomic E-state index is 12.0. The molecule has 1 saturated heterocycles. The van der Waals surface area contributed by atoms with Crippen molar-refractivity contribution in [1.82, 2.24) is 4.90 Å². The number of benzene rings is 1. The number of likely N-dealkylation sites (tertiary alicyclic amines) is 1. The number of fused-ring (bicyclic) bond motifs is 1. The predicted molar refractivity (Wildman–Crippen MR) is 89.3 cm³/mol. The van der Waals surface area contributed by atoms with Crippen LogP contribution in [0.3, 0.4) is 0 Å². The molecule has 0 N–H and O–H groups in total. The number of ether oxygens (including phenoxy) is 1. The van der Waals surface area contributed by atoms with Crippen molar-refractivity contribution in [3.8, 4) is 0 Å². The van der Waals surface area contributed by atoms with Crippen molar-refractivity contribution in [2.24, 2.45) is 5.92 Å². The molecule has 1 aliphatic heterocycles. The van der Waals surface area contributed by atoms with Gasteiger partial charge >= 0.3 is 5.97 Å². The fourth-order valence-electron chi connectivity index (χ4n) is 3.19. The summed E-state index contributed by atoms with van der Waals surface area (Å²) in [6.07, 6.45) is 3.09. The number of hydrogen-bond acceptors (Lipinski definition) is 4. The van der Waals surface area contributed by atoms with Gasteiger partial charge in [-0.05, 0) is 30.4 Å². The number of thiophene rings is 1. The Balaban J connectivity index is 1.29. The molecule has 2 fully saturated rings. The lowest BCUT2D eigenvalue weighted by atomic mass is 10.1. The zero-order chi connectivity index (χ0) is 15.8. The summed E-state index contributed by atoms with van der Waals surface area (Å²) in [6.45, 7) is 1.11. The van der Waals surface area contributed by atoms with Gasteiger partial charge in [0.2, 0.25) is 5.91 Å². The third-order valence-electron chi connectivity index (χ3n) is 4.50. The van der Waals surface area contributed by atoms with Gasteiger partial charge < -0.3 is 9.64 Å². The van der Waals surface area contributed by atoms with Gasteiger partial charge in [-0.2, -0.15) is 0 Å². The van der Waals surface area contributed by atoms with Crippen LogP contribution in [0.4, 0.5) is 0 Å². The second-order valence-electron chi connectivity index (χ2n) is 6.46. The van der Waals surface area contributed by atoms with Crippen molar-refractivity contribution in [3.05, 3.63) is 35.2 Å². The Hall–Kier alpha value is -1.88. The molecule has 4 rings (SSSR count). The van der Waals surface area contributed by atoms with Crippen LogP contribution in [0.25, 0.3) is 10.1 Å². The summed E-state index contributed by atoms with van der Waals surface area (Å²) >= 11 is 1.63. The van der Waals surface area contributed by atoms with E-state index in [0.717, 1.165) is 24.3 Å². The normalized spacial score (nSPS) is 21.1. The van der Waals surface area contributed by atoms with Crippen LogP contribution in [0, 0.1) is 5.92 Å². The second-order valence-corrected chi connectivity index (χ2v) is 7.63. The van der Waals surface area contributed by atoms with E-state index >= 15 is 0 Å². The monoisotopic (exact) mass is 329 g/mol. The largest absolute Gasteiger partial charge is 0.465 e. The van der Waals surface area contributed by atoms with Gasteiger partial charge in [0, 0.05) is 34.5 Å². The first-order chi connectivity index (χ1) is 11.2. The van der Waals surface area contributed by atoms with E-state index in [1.165, 1.54) is 10.1 Å². The standard InChI is InChI=1S/C18H19NO3S/c20-17-7-12(10-19(17)14-5-6-14)11-22-18(21)9-15-8-13-3-1-2-4-16(13)23-15/h1-4,8,12,14H,5-7,9-11H2/t12-/m0/s1. The first kappa shape index (κ1) is 14.7. The average Bonchev–Trinajstić information content (AvgIpc) is 3.18. The van der Waals surface area contributed by atoms with Gasteiger partial charge in [-0.1, -0.05) is 18.2 Å². The van der Waals surface area contributed by atoms with Gasteiger partial charge in [-0.3, -0.25) is 9.59 Å². The number of hydrogen-bond donors (Lipinski definition) is 0. The molecule has 120 valence electrons. The Morgan fingerprint density at radius 3 is 2.91 bits per heavy atom. The predicted octanol–water partition coefficient (Wildman–Crippen LogP) is 3.00. The Morgan fingerprint density at radius 2 is 2.13 bits per heavy atom. The van der Waals surface area contributed by atoms with Crippen LogP contribution in [-0.2, 0) is 20.7 Å². The fraction of sp³-hybridized carbons (Fsp3) is 0.444. The highest BCUT2D eigenvalue weighted by Gasteiger charge is 2.39. The van der Waals surface area contributed by atoms with E-state index in [2.05, 4.69) is 18.2 Å². The van der Waals surface area contributed by atoms with Crippen LogP contribution in [-0.4, -0.2) is 36.0 Å². The minimum Gasteiger partial charge on any atom is -0.465 e. The lowest BCUT2D eigenvalue weighted by Gasteiger charge is -2.15. The van der Waals surface area contributed by atoms with Gasteiger partial charge in [0.1, 0.15) is 0 Å². The fourth-order valence-corrected chi connectivity index (χ4v) is 4.24.